The molecule has 1 N–H and O–H groups in total. The normalized spacial score (nSPS) is 21.7. The largest absolute Gasteiger partial charge is 0.497 e. The fourth-order valence-corrected chi connectivity index (χ4v) is 4.09. The second kappa shape index (κ2) is 6.40. The second-order valence-electron chi connectivity index (χ2n) is 7.50. The third kappa shape index (κ3) is 2.97. The van der Waals surface area contributed by atoms with E-state index in [4.69, 9.17) is 4.74 Å². The van der Waals surface area contributed by atoms with Crippen molar-refractivity contribution in [1.29, 1.82) is 0 Å². The SMILES string of the molecule is COc1ccc2c(c1)C(=O)N[C@]1(CC2)CCN(C(=O)c2cnn(C)c2C)C1. The quantitative estimate of drug-likeness (QED) is 0.875. The number of hydrogen-bond acceptors (Lipinski definition) is 4. The minimum Gasteiger partial charge on any atom is -0.497 e. The van der Waals surface area contributed by atoms with Crippen molar-refractivity contribution in [3.8, 4) is 5.75 Å². The number of aromatic nitrogens is 2. The standard InChI is InChI=1S/C20H24N4O3/c1-13-17(11-21-23(13)2)19(26)24-9-8-20(12-24)7-6-14-4-5-15(27-3)10-16(14)18(25)22-20/h4-5,10-11H,6-9,12H2,1-3H3,(H,22,25)/t20-/m1/s1. The van der Waals surface area contributed by atoms with Crippen LogP contribution in [-0.2, 0) is 13.5 Å². The van der Waals surface area contributed by atoms with Crippen molar-refractivity contribution in [2.24, 2.45) is 7.05 Å². The van der Waals surface area contributed by atoms with Gasteiger partial charge in [0.05, 0.1) is 24.4 Å². The Labute approximate surface area is 158 Å². The molecule has 2 aliphatic rings. The molecule has 1 aromatic heterocycles. The topological polar surface area (TPSA) is 76.5 Å². The molecule has 2 aliphatic heterocycles. The number of ether oxygens (including phenoxy) is 1. The number of carbonyl (C=O) groups is 2. The summed E-state index contributed by atoms with van der Waals surface area (Å²) in [7, 11) is 3.42. The molecule has 1 saturated heterocycles. The number of rotatable bonds is 2. The summed E-state index contributed by atoms with van der Waals surface area (Å²) in [5.41, 5.74) is 2.79. The number of hydrogen-bond donors (Lipinski definition) is 1. The summed E-state index contributed by atoms with van der Waals surface area (Å²) >= 11 is 0. The molecule has 0 aliphatic carbocycles. The van der Waals surface area contributed by atoms with Gasteiger partial charge in [0.15, 0.2) is 0 Å². The van der Waals surface area contributed by atoms with Gasteiger partial charge in [0.1, 0.15) is 5.75 Å². The summed E-state index contributed by atoms with van der Waals surface area (Å²) < 4.78 is 6.96. The lowest BCUT2D eigenvalue weighted by Gasteiger charge is -2.29. The first-order valence-electron chi connectivity index (χ1n) is 9.20. The monoisotopic (exact) mass is 368 g/mol. The summed E-state index contributed by atoms with van der Waals surface area (Å²) in [4.78, 5) is 27.6. The van der Waals surface area contributed by atoms with Gasteiger partial charge in [0.25, 0.3) is 11.8 Å². The van der Waals surface area contributed by atoms with Gasteiger partial charge in [-0.25, -0.2) is 0 Å². The highest BCUT2D eigenvalue weighted by molar-refractivity contribution is 5.98. The molecule has 1 aromatic carbocycles. The van der Waals surface area contributed by atoms with Crippen molar-refractivity contribution in [3.63, 3.8) is 0 Å². The van der Waals surface area contributed by atoms with Gasteiger partial charge < -0.3 is 15.0 Å². The number of amides is 2. The maximum absolute atomic E-state index is 12.9. The predicted octanol–water partition coefficient (Wildman–Crippen LogP) is 1.70. The van der Waals surface area contributed by atoms with E-state index in [0.717, 1.165) is 30.5 Å². The molecule has 3 heterocycles. The van der Waals surface area contributed by atoms with E-state index in [0.29, 0.717) is 30.0 Å². The van der Waals surface area contributed by atoms with E-state index in [1.165, 1.54) is 0 Å². The third-order valence-electron chi connectivity index (χ3n) is 5.92. The van der Waals surface area contributed by atoms with Gasteiger partial charge in [-0.1, -0.05) is 6.07 Å². The number of likely N-dealkylation sites (tertiary alicyclic amines) is 1. The lowest BCUT2D eigenvalue weighted by Crippen LogP contribution is -2.50. The molecule has 0 unspecified atom stereocenters. The number of aryl methyl sites for hydroxylation is 2. The zero-order chi connectivity index (χ0) is 19.2. The first-order chi connectivity index (χ1) is 12.9. The molecule has 142 valence electrons. The Balaban J connectivity index is 1.55. The Kier molecular flexibility index (Phi) is 4.17. The van der Waals surface area contributed by atoms with Crippen molar-refractivity contribution < 1.29 is 14.3 Å². The van der Waals surface area contributed by atoms with Crippen molar-refractivity contribution in [2.75, 3.05) is 20.2 Å². The van der Waals surface area contributed by atoms with Crippen LogP contribution in [-0.4, -0.2) is 52.2 Å². The van der Waals surface area contributed by atoms with Crippen LogP contribution in [0.15, 0.2) is 24.4 Å². The van der Waals surface area contributed by atoms with E-state index in [9.17, 15) is 9.59 Å². The number of nitrogens with zero attached hydrogens (tertiary/aromatic N) is 3. The van der Waals surface area contributed by atoms with Gasteiger partial charge in [0.2, 0.25) is 0 Å². The average molecular weight is 368 g/mol. The summed E-state index contributed by atoms with van der Waals surface area (Å²) in [6.45, 7) is 3.05. The molecule has 7 nitrogen and oxygen atoms in total. The molecule has 2 amide bonds. The van der Waals surface area contributed by atoms with Crippen LogP contribution in [0.1, 0.15) is 44.8 Å². The third-order valence-corrected chi connectivity index (χ3v) is 5.92. The van der Waals surface area contributed by atoms with Gasteiger partial charge >= 0.3 is 0 Å². The lowest BCUT2D eigenvalue weighted by atomic mass is 9.91. The number of fused-ring (bicyclic) bond motifs is 1. The maximum Gasteiger partial charge on any atom is 0.257 e. The van der Waals surface area contributed by atoms with E-state index in [1.807, 2.05) is 31.0 Å². The fourth-order valence-electron chi connectivity index (χ4n) is 4.09. The van der Waals surface area contributed by atoms with Crippen LogP contribution >= 0.6 is 0 Å². The van der Waals surface area contributed by atoms with E-state index in [1.54, 1.807) is 24.1 Å². The van der Waals surface area contributed by atoms with Crippen LogP contribution < -0.4 is 10.1 Å². The van der Waals surface area contributed by atoms with Gasteiger partial charge in [-0.05, 0) is 43.9 Å². The summed E-state index contributed by atoms with van der Waals surface area (Å²) in [5, 5.41) is 7.38. The first-order valence-corrected chi connectivity index (χ1v) is 9.20. The number of methoxy groups -OCH3 is 1. The van der Waals surface area contributed by atoms with Gasteiger partial charge in [-0.3, -0.25) is 14.3 Å². The number of nitrogens with one attached hydrogen (secondary N) is 1. The highest BCUT2D eigenvalue weighted by atomic mass is 16.5. The maximum atomic E-state index is 12.9. The predicted molar refractivity (Wildman–Crippen MR) is 100.0 cm³/mol. The second-order valence-corrected chi connectivity index (χ2v) is 7.50. The van der Waals surface area contributed by atoms with Crippen LogP contribution in [0, 0.1) is 6.92 Å². The summed E-state index contributed by atoms with van der Waals surface area (Å²) in [6, 6.07) is 5.64. The average Bonchev–Trinajstić information content (AvgIpc) is 3.19. The highest BCUT2D eigenvalue weighted by Crippen LogP contribution is 2.32. The molecule has 1 fully saturated rings. The Morgan fingerprint density at radius 3 is 2.85 bits per heavy atom. The Morgan fingerprint density at radius 1 is 1.33 bits per heavy atom. The summed E-state index contributed by atoms with van der Waals surface area (Å²) in [6.07, 6.45) is 3.99. The molecule has 0 bridgehead atoms. The molecule has 0 radical (unpaired) electrons. The molecule has 1 atom stereocenters. The zero-order valence-electron chi connectivity index (χ0n) is 15.9. The van der Waals surface area contributed by atoms with Gasteiger partial charge in [0, 0.05) is 31.4 Å². The van der Waals surface area contributed by atoms with E-state index in [2.05, 4.69) is 10.4 Å². The van der Waals surface area contributed by atoms with Gasteiger partial charge in [-0.2, -0.15) is 5.10 Å². The fraction of sp³-hybridized carbons (Fsp3) is 0.450. The first kappa shape index (κ1) is 17.6. The molecular weight excluding hydrogens is 344 g/mol. The highest BCUT2D eigenvalue weighted by Gasteiger charge is 2.43. The molecule has 1 spiro atoms. The number of benzene rings is 1. The molecule has 4 rings (SSSR count). The van der Waals surface area contributed by atoms with Crippen molar-refractivity contribution >= 4 is 11.8 Å². The smallest absolute Gasteiger partial charge is 0.257 e. The Bertz CT molecular complexity index is 920. The zero-order valence-corrected chi connectivity index (χ0v) is 15.9. The van der Waals surface area contributed by atoms with E-state index < -0.39 is 0 Å². The molecular formula is C20H24N4O3. The minimum absolute atomic E-state index is 0.0184. The number of carbonyl (C=O) groups excluding carboxylic acids is 2. The molecule has 7 heteroatoms. The van der Waals surface area contributed by atoms with Crippen molar-refractivity contribution in [2.45, 2.75) is 31.7 Å². The minimum atomic E-state index is -0.380. The Morgan fingerprint density at radius 2 is 2.15 bits per heavy atom. The molecule has 27 heavy (non-hydrogen) atoms. The Hall–Kier alpha value is -2.83. The van der Waals surface area contributed by atoms with Crippen LogP contribution in [0.5, 0.6) is 5.75 Å². The van der Waals surface area contributed by atoms with Crippen LogP contribution in [0.2, 0.25) is 0 Å². The molecule has 0 saturated carbocycles. The van der Waals surface area contributed by atoms with Gasteiger partial charge in [-0.15, -0.1) is 0 Å². The summed E-state index contributed by atoms with van der Waals surface area (Å²) in [5.74, 6) is 0.568. The van der Waals surface area contributed by atoms with Crippen LogP contribution in [0.3, 0.4) is 0 Å². The molecule has 2 aromatic rings. The van der Waals surface area contributed by atoms with Crippen molar-refractivity contribution in [1.82, 2.24) is 20.0 Å². The van der Waals surface area contributed by atoms with Crippen molar-refractivity contribution in [3.05, 3.63) is 46.8 Å². The van der Waals surface area contributed by atoms with E-state index in [-0.39, 0.29) is 17.4 Å². The van der Waals surface area contributed by atoms with Crippen LogP contribution in [0.4, 0.5) is 0 Å². The van der Waals surface area contributed by atoms with E-state index >= 15 is 0 Å². The lowest BCUT2D eigenvalue weighted by molar-refractivity contribution is 0.0763. The van der Waals surface area contributed by atoms with Crippen LogP contribution in [0.25, 0.3) is 0 Å².